The number of carbonyl (C=O) groups is 1. The van der Waals surface area contributed by atoms with Crippen LogP contribution in [0.4, 0.5) is 9.18 Å². The van der Waals surface area contributed by atoms with Crippen molar-refractivity contribution in [1.82, 2.24) is 10.6 Å². The zero-order chi connectivity index (χ0) is 17.4. The van der Waals surface area contributed by atoms with E-state index in [9.17, 15) is 9.18 Å². The van der Waals surface area contributed by atoms with E-state index in [0.29, 0.717) is 36.6 Å². The summed E-state index contributed by atoms with van der Waals surface area (Å²) in [4.78, 5) is 11.8. The van der Waals surface area contributed by atoms with Gasteiger partial charge >= 0.3 is 6.03 Å². The minimum atomic E-state index is -0.305. The van der Waals surface area contributed by atoms with E-state index in [1.807, 2.05) is 6.07 Å². The van der Waals surface area contributed by atoms with Crippen molar-refractivity contribution < 1.29 is 18.7 Å². The Kier molecular flexibility index (Phi) is 6.42. The zero-order valence-electron chi connectivity index (χ0n) is 13.8. The lowest BCUT2D eigenvalue weighted by Gasteiger charge is -2.11. The Morgan fingerprint density at radius 1 is 1.04 bits per heavy atom. The number of methoxy groups -OCH3 is 2. The number of urea groups is 1. The highest BCUT2D eigenvalue weighted by atomic mass is 19.1. The molecule has 0 unspecified atom stereocenters. The van der Waals surface area contributed by atoms with E-state index in [1.54, 1.807) is 44.6 Å². The van der Waals surface area contributed by atoms with Crippen LogP contribution in [0.2, 0.25) is 0 Å². The molecule has 2 N–H and O–H groups in total. The van der Waals surface area contributed by atoms with Gasteiger partial charge in [0, 0.05) is 13.1 Å². The fraction of sp³-hybridized carbons (Fsp3) is 0.278. The van der Waals surface area contributed by atoms with Crippen molar-refractivity contribution in [3.8, 4) is 11.5 Å². The number of rotatable bonds is 7. The number of ether oxygens (including phenoxy) is 2. The van der Waals surface area contributed by atoms with Crippen LogP contribution in [0, 0.1) is 5.82 Å². The lowest BCUT2D eigenvalue weighted by atomic mass is 10.1. The van der Waals surface area contributed by atoms with Gasteiger partial charge in [0.05, 0.1) is 14.2 Å². The van der Waals surface area contributed by atoms with E-state index in [1.165, 1.54) is 6.07 Å². The molecule has 24 heavy (non-hydrogen) atoms. The SMILES string of the molecule is COc1ccc(CNC(=O)NCCc2ccccc2F)cc1OC. The number of benzene rings is 2. The molecule has 128 valence electrons. The van der Waals surface area contributed by atoms with Gasteiger partial charge in [-0.3, -0.25) is 0 Å². The van der Waals surface area contributed by atoms with Crippen LogP contribution < -0.4 is 20.1 Å². The van der Waals surface area contributed by atoms with Crippen LogP contribution in [-0.4, -0.2) is 26.8 Å². The van der Waals surface area contributed by atoms with Crippen LogP contribution in [0.25, 0.3) is 0 Å². The zero-order valence-corrected chi connectivity index (χ0v) is 13.8. The van der Waals surface area contributed by atoms with Crippen LogP contribution in [0.15, 0.2) is 42.5 Å². The first-order chi connectivity index (χ1) is 11.6. The summed E-state index contributed by atoms with van der Waals surface area (Å²) in [6.45, 7) is 0.713. The second kappa shape index (κ2) is 8.76. The Morgan fingerprint density at radius 2 is 1.79 bits per heavy atom. The van der Waals surface area contributed by atoms with Crippen molar-refractivity contribution in [3.05, 3.63) is 59.4 Å². The van der Waals surface area contributed by atoms with Crippen molar-refractivity contribution >= 4 is 6.03 Å². The highest BCUT2D eigenvalue weighted by Gasteiger charge is 2.06. The quantitative estimate of drug-likeness (QED) is 0.820. The highest BCUT2D eigenvalue weighted by molar-refractivity contribution is 5.73. The van der Waals surface area contributed by atoms with Crippen molar-refractivity contribution in [2.24, 2.45) is 0 Å². The first-order valence-electron chi connectivity index (χ1n) is 7.60. The summed E-state index contributed by atoms with van der Waals surface area (Å²) in [5.74, 6) is 0.984. The fourth-order valence-corrected chi connectivity index (χ4v) is 2.25. The number of hydrogen-bond acceptors (Lipinski definition) is 3. The Bertz CT molecular complexity index is 692. The van der Waals surface area contributed by atoms with Crippen LogP contribution in [0.1, 0.15) is 11.1 Å². The molecule has 6 heteroatoms. The molecule has 0 bridgehead atoms. The molecule has 0 aromatic heterocycles. The van der Waals surface area contributed by atoms with Gasteiger partial charge in [0.25, 0.3) is 0 Å². The molecule has 0 aliphatic carbocycles. The Balaban J connectivity index is 1.78. The standard InChI is InChI=1S/C18H21FN2O3/c1-23-16-8-7-13(11-17(16)24-2)12-21-18(22)20-10-9-14-5-3-4-6-15(14)19/h3-8,11H,9-10,12H2,1-2H3,(H2,20,21,22). The summed E-state index contributed by atoms with van der Waals surface area (Å²) in [7, 11) is 3.13. The van der Waals surface area contributed by atoms with Gasteiger partial charge in [-0.25, -0.2) is 9.18 Å². The predicted molar refractivity (Wildman–Crippen MR) is 89.9 cm³/mol. The second-order valence-electron chi connectivity index (χ2n) is 5.14. The third kappa shape index (κ3) is 4.87. The first kappa shape index (κ1) is 17.6. The lowest BCUT2D eigenvalue weighted by molar-refractivity contribution is 0.240. The van der Waals surface area contributed by atoms with Crippen LogP contribution >= 0.6 is 0 Å². The van der Waals surface area contributed by atoms with Crippen molar-refractivity contribution in [2.75, 3.05) is 20.8 Å². The lowest BCUT2D eigenvalue weighted by Crippen LogP contribution is -2.36. The van der Waals surface area contributed by atoms with Crippen LogP contribution in [0.3, 0.4) is 0 Å². The summed E-state index contributed by atoms with van der Waals surface area (Å²) >= 11 is 0. The summed E-state index contributed by atoms with van der Waals surface area (Å²) in [5, 5.41) is 5.46. The van der Waals surface area contributed by atoms with E-state index < -0.39 is 0 Å². The molecular weight excluding hydrogens is 311 g/mol. The maximum Gasteiger partial charge on any atom is 0.315 e. The van der Waals surface area contributed by atoms with Gasteiger partial charge < -0.3 is 20.1 Å². The topological polar surface area (TPSA) is 59.6 Å². The molecule has 2 aromatic rings. The average Bonchev–Trinajstić information content (AvgIpc) is 2.61. The largest absolute Gasteiger partial charge is 0.493 e. The summed E-state index contributed by atoms with van der Waals surface area (Å²) in [5.41, 5.74) is 1.47. The summed E-state index contributed by atoms with van der Waals surface area (Å²) in [6.07, 6.45) is 0.441. The van der Waals surface area contributed by atoms with Gasteiger partial charge in [-0.2, -0.15) is 0 Å². The number of nitrogens with one attached hydrogen (secondary N) is 2. The molecule has 0 saturated heterocycles. The van der Waals surface area contributed by atoms with Crippen LogP contribution in [0.5, 0.6) is 11.5 Å². The number of halogens is 1. The van der Waals surface area contributed by atoms with E-state index in [4.69, 9.17) is 9.47 Å². The van der Waals surface area contributed by atoms with Crippen molar-refractivity contribution in [3.63, 3.8) is 0 Å². The third-order valence-corrected chi connectivity index (χ3v) is 3.54. The normalized spacial score (nSPS) is 10.1. The molecule has 0 heterocycles. The summed E-state index contributed by atoms with van der Waals surface area (Å²) < 4.78 is 23.9. The molecule has 5 nitrogen and oxygen atoms in total. The molecule has 0 spiro atoms. The van der Waals surface area contributed by atoms with Crippen molar-refractivity contribution in [2.45, 2.75) is 13.0 Å². The van der Waals surface area contributed by atoms with Crippen molar-refractivity contribution in [1.29, 1.82) is 0 Å². The van der Waals surface area contributed by atoms with Gasteiger partial charge in [0.15, 0.2) is 11.5 Å². The fourth-order valence-electron chi connectivity index (χ4n) is 2.25. The Morgan fingerprint density at radius 3 is 2.50 bits per heavy atom. The number of amides is 2. The molecule has 0 radical (unpaired) electrons. The number of hydrogen-bond donors (Lipinski definition) is 2. The average molecular weight is 332 g/mol. The van der Waals surface area contributed by atoms with Gasteiger partial charge in [-0.15, -0.1) is 0 Å². The Labute approximate surface area is 140 Å². The molecule has 2 rings (SSSR count). The highest BCUT2D eigenvalue weighted by Crippen LogP contribution is 2.27. The third-order valence-electron chi connectivity index (χ3n) is 3.54. The molecule has 0 saturated carbocycles. The minimum Gasteiger partial charge on any atom is -0.493 e. The molecule has 0 atom stereocenters. The minimum absolute atomic E-state index is 0.259. The van der Waals surface area contributed by atoms with Crippen LogP contribution in [-0.2, 0) is 13.0 Å². The smallest absolute Gasteiger partial charge is 0.315 e. The predicted octanol–water partition coefficient (Wildman–Crippen LogP) is 2.88. The van der Waals surface area contributed by atoms with Gasteiger partial charge in [0.2, 0.25) is 0 Å². The maximum atomic E-state index is 13.5. The van der Waals surface area contributed by atoms with E-state index in [0.717, 1.165) is 5.56 Å². The first-order valence-corrected chi connectivity index (χ1v) is 7.60. The summed E-state index contributed by atoms with van der Waals surface area (Å²) in [6, 6.07) is 11.7. The molecule has 2 amide bonds. The molecule has 0 fully saturated rings. The molecule has 0 aliphatic heterocycles. The molecule has 2 aromatic carbocycles. The molecule has 0 aliphatic rings. The van der Waals surface area contributed by atoms with Gasteiger partial charge in [0.1, 0.15) is 5.82 Å². The van der Waals surface area contributed by atoms with E-state index in [2.05, 4.69) is 10.6 Å². The van der Waals surface area contributed by atoms with Gasteiger partial charge in [-0.1, -0.05) is 24.3 Å². The monoisotopic (exact) mass is 332 g/mol. The second-order valence-corrected chi connectivity index (χ2v) is 5.14. The van der Waals surface area contributed by atoms with E-state index in [-0.39, 0.29) is 11.8 Å². The van der Waals surface area contributed by atoms with E-state index >= 15 is 0 Å². The number of carbonyl (C=O) groups excluding carboxylic acids is 1. The maximum absolute atomic E-state index is 13.5. The molecular formula is C18H21FN2O3. The van der Waals surface area contributed by atoms with Gasteiger partial charge in [-0.05, 0) is 35.7 Å². The Hall–Kier alpha value is -2.76.